The van der Waals surface area contributed by atoms with Gasteiger partial charge in [0.05, 0.1) is 26.2 Å². The standard InChI is InChI=1S/C16H36N.C4H8O2.H2O/c1-5-9-13-17(14-10-6-2,15-11-7-3)16-12-8-4;1-2-3-4(5)6;/h5-16H2,1-4H3;2-3H2,1H3,(H,5,6);1H2/q+1;;/p-1. The Balaban J connectivity index is -0.000000538. The van der Waals surface area contributed by atoms with Gasteiger partial charge in [0.2, 0.25) is 0 Å². The van der Waals surface area contributed by atoms with Gasteiger partial charge in [-0.3, -0.25) is 0 Å². The van der Waals surface area contributed by atoms with Gasteiger partial charge >= 0.3 is 0 Å². The van der Waals surface area contributed by atoms with Crippen molar-refractivity contribution in [1.29, 1.82) is 0 Å². The van der Waals surface area contributed by atoms with Gasteiger partial charge in [-0.25, -0.2) is 0 Å². The van der Waals surface area contributed by atoms with Crippen molar-refractivity contribution in [2.24, 2.45) is 0 Å². The first-order valence-corrected chi connectivity index (χ1v) is 10.1. The number of carbonyl (C=O) groups excluding carboxylic acids is 1. The van der Waals surface area contributed by atoms with Crippen LogP contribution in [0.2, 0.25) is 0 Å². The molecule has 4 nitrogen and oxygen atoms in total. The van der Waals surface area contributed by atoms with Crippen LogP contribution in [0.5, 0.6) is 0 Å². The van der Waals surface area contributed by atoms with Gasteiger partial charge in [0.15, 0.2) is 0 Å². The summed E-state index contributed by atoms with van der Waals surface area (Å²) in [6.45, 7) is 16.8. The molecule has 0 unspecified atom stereocenters. The number of nitrogens with zero attached hydrogens (tertiary/aromatic N) is 1. The first-order valence-electron chi connectivity index (χ1n) is 10.1. The van der Waals surface area contributed by atoms with E-state index in [9.17, 15) is 9.90 Å². The third-order valence-corrected chi connectivity index (χ3v) is 4.40. The third kappa shape index (κ3) is 17.7. The molecule has 0 aliphatic rings. The lowest BCUT2D eigenvalue weighted by Gasteiger charge is -2.39. The molecule has 0 fully saturated rings. The molecule has 0 radical (unpaired) electrons. The summed E-state index contributed by atoms with van der Waals surface area (Å²) in [5.41, 5.74) is 0. The van der Waals surface area contributed by atoms with Crippen LogP contribution < -0.4 is 5.11 Å². The summed E-state index contributed by atoms with van der Waals surface area (Å²) in [7, 11) is 0. The number of quaternary nitrogens is 1. The Hall–Kier alpha value is -0.610. The largest absolute Gasteiger partial charge is 0.550 e. The number of carbonyl (C=O) groups is 1. The summed E-state index contributed by atoms with van der Waals surface area (Å²) in [5, 5.41) is 9.49. The second-order valence-corrected chi connectivity index (χ2v) is 6.77. The molecule has 0 saturated heterocycles. The molecule has 0 aromatic carbocycles. The summed E-state index contributed by atoms with van der Waals surface area (Å²) in [5.74, 6) is -0.961. The minimum atomic E-state index is -0.961. The van der Waals surface area contributed by atoms with E-state index in [1.54, 1.807) is 6.92 Å². The van der Waals surface area contributed by atoms with Crippen molar-refractivity contribution in [1.82, 2.24) is 0 Å². The molecule has 0 heterocycles. The summed E-state index contributed by atoms with van der Waals surface area (Å²) in [6.07, 6.45) is 11.9. The molecule has 24 heavy (non-hydrogen) atoms. The number of hydrogen-bond donors (Lipinski definition) is 0. The maximum Gasteiger partial charge on any atom is 0.0786 e. The second kappa shape index (κ2) is 20.4. The molecule has 2 N–H and O–H groups in total. The third-order valence-electron chi connectivity index (χ3n) is 4.40. The lowest BCUT2D eigenvalue weighted by Crippen LogP contribution is -2.50. The number of rotatable bonds is 14. The van der Waals surface area contributed by atoms with E-state index in [-0.39, 0.29) is 11.9 Å². The molecule has 0 rings (SSSR count). The fourth-order valence-corrected chi connectivity index (χ4v) is 2.85. The van der Waals surface area contributed by atoms with Crippen molar-refractivity contribution >= 4 is 5.97 Å². The molecule has 0 amide bonds. The van der Waals surface area contributed by atoms with Crippen LogP contribution in [0.3, 0.4) is 0 Å². The first-order chi connectivity index (χ1) is 11.0. The zero-order chi connectivity index (χ0) is 18.0. The molecule has 4 heteroatoms. The summed E-state index contributed by atoms with van der Waals surface area (Å²) in [6, 6.07) is 0. The lowest BCUT2D eigenvalue weighted by molar-refractivity contribution is -0.929. The fourth-order valence-electron chi connectivity index (χ4n) is 2.85. The Labute approximate surface area is 151 Å². The topological polar surface area (TPSA) is 71.6 Å². The minimum Gasteiger partial charge on any atom is -0.550 e. The maximum atomic E-state index is 9.49. The normalized spacial score (nSPS) is 10.5. The van der Waals surface area contributed by atoms with E-state index >= 15 is 0 Å². The first kappa shape index (κ1) is 28.2. The van der Waals surface area contributed by atoms with Gasteiger partial charge < -0.3 is 19.9 Å². The zero-order valence-electron chi connectivity index (χ0n) is 17.2. The predicted molar refractivity (Wildman–Crippen MR) is 103 cm³/mol. The predicted octanol–water partition coefficient (Wildman–Crippen LogP) is 3.72. The Bertz CT molecular complexity index is 220. The summed E-state index contributed by atoms with van der Waals surface area (Å²) < 4.78 is 1.42. The van der Waals surface area contributed by atoms with E-state index in [1.165, 1.54) is 82.0 Å². The van der Waals surface area contributed by atoms with Crippen molar-refractivity contribution in [3.05, 3.63) is 0 Å². The van der Waals surface area contributed by atoms with Crippen molar-refractivity contribution < 1.29 is 19.9 Å². The average Bonchev–Trinajstić information content (AvgIpc) is 2.54. The van der Waals surface area contributed by atoms with E-state index < -0.39 is 5.97 Å². The van der Waals surface area contributed by atoms with Crippen molar-refractivity contribution in [2.45, 2.75) is 98.8 Å². The Morgan fingerprint density at radius 2 is 0.958 bits per heavy atom. The number of carboxylic acids is 1. The molecule has 0 bridgehead atoms. The highest BCUT2D eigenvalue weighted by molar-refractivity contribution is 5.63. The Kier molecular flexibility index (Phi) is 24.0. The van der Waals surface area contributed by atoms with Gasteiger partial charge in [-0.05, 0) is 32.1 Å². The molecule has 148 valence electrons. The molecule has 0 spiro atoms. The van der Waals surface area contributed by atoms with Gasteiger partial charge in [-0.2, -0.15) is 0 Å². The molecule has 0 aliphatic carbocycles. The number of carboxylic acid groups (broad SMARTS) is 1. The Morgan fingerprint density at radius 3 is 1.08 bits per heavy atom. The minimum absolute atomic E-state index is 0. The van der Waals surface area contributed by atoms with Crippen molar-refractivity contribution in [3.8, 4) is 0 Å². The van der Waals surface area contributed by atoms with E-state index in [0.29, 0.717) is 6.42 Å². The number of unbranched alkanes of at least 4 members (excludes halogenated alkanes) is 4. The van der Waals surface area contributed by atoms with Crippen LogP contribution in [0.4, 0.5) is 0 Å². The molecular formula is C20H45NO3. The van der Waals surface area contributed by atoms with E-state index in [4.69, 9.17) is 0 Å². The van der Waals surface area contributed by atoms with Gasteiger partial charge in [0.25, 0.3) is 0 Å². The van der Waals surface area contributed by atoms with Gasteiger partial charge in [0.1, 0.15) is 0 Å². The van der Waals surface area contributed by atoms with Crippen LogP contribution in [0, 0.1) is 0 Å². The molecule has 0 saturated carbocycles. The monoisotopic (exact) mass is 347 g/mol. The molecule has 0 atom stereocenters. The highest BCUT2D eigenvalue weighted by Gasteiger charge is 2.24. The van der Waals surface area contributed by atoms with Gasteiger partial charge in [0, 0.05) is 5.97 Å². The smallest absolute Gasteiger partial charge is 0.0786 e. The maximum absolute atomic E-state index is 9.49. The summed E-state index contributed by atoms with van der Waals surface area (Å²) >= 11 is 0. The van der Waals surface area contributed by atoms with Crippen molar-refractivity contribution in [3.63, 3.8) is 0 Å². The number of aliphatic carboxylic acids is 1. The van der Waals surface area contributed by atoms with Gasteiger partial charge in [-0.15, -0.1) is 0 Å². The summed E-state index contributed by atoms with van der Waals surface area (Å²) in [4.78, 5) is 9.49. The lowest BCUT2D eigenvalue weighted by atomic mass is 10.1. The SMILES string of the molecule is CCCC(=O)[O-].CCCC[N+](CCCC)(CCCC)CCCC.O. The average molecular weight is 348 g/mol. The van der Waals surface area contributed by atoms with E-state index in [1.807, 2.05) is 0 Å². The van der Waals surface area contributed by atoms with E-state index in [2.05, 4.69) is 27.7 Å². The molecule has 0 aromatic heterocycles. The van der Waals surface area contributed by atoms with Crippen molar-refractivity contribution in [2.75, 3.05) is 26.2 Å². The van der Waals surface area contributed by atoms with Crippen LogP contribution in [-0.4, -0.2) is 42.1 Å². The quantitative estimate of drug-likeness (QED) is 0.449. The van der Waals surface area contributed by atoms with Crippen LogP contribution in [0.1, 0.15) is 98.8 Å². The fraction of sp³-hybridized carbons (Fsp3) is 0.950. The second-order valence-electron chi connectivity index (χ2n) is 6.77. The Morgan fingerprint density at radius 1 is 0.667 bits per heavy atom. The molecule has 0 aromatic rings. The zero-order valence-corrected chi connectivity index (χ0v) is 17.2. The van der Waals surface area contributed by atoms with Gasteiger partial charge in [-0.1, -0.05) is 66.7 Å². The van der Waals surface area contributed by atoms with Crippen LogP contribution >= 0.6 is 0 Å². The molecule has 0 aliphatic heterocycles. The van der Waals surface area contributed by atoms with Crippen LogP contribution in [0.25, 0.3) is 0 Å². The highest BCUT2D eigenvalue weighted by Crippen LogP contribution is 2.16. The number of hydrogen-bond acceptors (Lipinski definition) is 2. The van der Waals surface area contributed by atoms with Crippen LogP contribution in [-0.2, 0) is 4.79 Å². The highest BCUT2D eigenvalue weighted by atomic mass is 16.4. The van der Waals surface area contributed by atoms with E-state index in [0.717, 1.165) is 0 Å². The molecular weight excluding hydrogens is 302 g/mol. The van der Waals surface area contributed by atoms with Crippen LogP contribution in [0.15, 0.2) is 0 Å².